The van der Waals surface area contributed by atoms with E-state index in [1.165, 1.54) is 32.1 Å². The molecule has 0 bridgehead atoms. The van der Waals surface area contributed by atoms with Gasteiger partial charge in [-0.3, -0.25) is 0 Å². The molecule has 0 radical (unpaired) electrons. The summed E-state index contributed by atoms with van der Waals surface area (Å²) < 4.78 is 0. The molecule has 90 valence electrons. The lowest BCUT2D eigenvalue weighted by Crippen LogP contribution is -2.18. The molecule has 1 fully saturated rings. The van der Waals surface area contributed by atoms with Gasteiger partial charge in [-0.25, -0.2) is 0 Å². The zero-order chi connectivity index (χ0) is 10.2. The first-order valence-electron chi connectivity index (χ1n) is 5.79. The van der Waals surface area contributed by atoms with Crippen LogP contribution in [-0.2, 0) is 0 Å². The van der Waals surface area contributed by atoms with Crippen molar-refractivity contribution in [2.24, 2.45) is 11.8 Å². The van der Waals surface area contributed by atoms with Crippen molar-refractivity contribution >= 4 is 12.4 Å². The number of aliphatic hydroxyl groups is 1. The highest BCUT2D eigenvalue weighted by atomic mass is 35.5. The van der Waals surface area contributed by atoms with Gasteiger partial charge in [0.05, 0.1) is 6.61 Å². The molecular formula is C12H24ClNO. The molecule has 2 nitrogen and oxygen atoms in total. The Labute approximate surface area is 99.6 Å². The first-order chi connectivity index (χ1) is 6.86. The number of hydrogen-bond donors (Lipinski definition) is 2. The minimum absolute atomic E-state index is 0. The third kappa shape index (κ3) is 6.18. The Balaban J connectivity index is 0.00000196. The Bertz CT molecular complexity index is 165. The van der Waals surface area contributed by atoms with Gasteiger partial charge in [0.25, 0.3) is 0 Å². The Kier molecular flexibility index (Phi) is 9.17. The molecule has 0 unspecified atom stereocenters. The summed E-state index contributed by atoms with van der Waals surface area (Å²) in [6.45, 7) is 1.35. The van der Waals surface area contributed by atoms with Crippen LogP contribution in [0.4, 0.5) is 0 Å². The Morgan fingerprint density at radius 2 is 1.93 bits per heavy atom. The summed E-state index contributed by atoms with van der Waals surface area (Å²) in [6.07, 6.45) is 10.7. The fourth-order valence-corrected chi connectivity index (χ4v) is 2.27. The summed E-state index contributed by atoms with van der Waals surface area (Å²) in [4.78, 5) is 0. The summed E-state index contributed by atoms with van der Waals surface area (Å²) in [6, 6.07) is 0. The summed E-state index contributed by atoms with van der Waals surface area (Å²) in [5.74, 6) is 1.66. The van der Waals surface area contributed by atoms with Crippen LogP contribution in [0.3, 0.4) is 0 Å². The van der Waals surface area contributed by atoms with Crippen LogP contribution in [0.1, 0.15) is 32.1 Å². The van der Waals surface area contributed by atoms with E-state index in [4.69, 9.17) is 5.11 Å². The topological polar surface area (TPSA) is 32.3 Å². The second-order valence-corrected chi connectivity index (χ2v) is 4.28. The maximum atomic E-state index is 8.67. The van der Waals surface area contributed by atoms with Crippen LogP contribution in [0.2, 0.25) is 0 Å². The lowest BCUT2D eigenvalue weighted by Gasteiger charge is -2.26. The number of rotatable bonds is 5. The minimum atomic E-state index is 0. The molecule has 0 amide bonds. The Morgan fingerprint density at radius 1 is 1.27 bits per heavy atom. The molecule has 0 aliphatic heterocycles. The van der Waals surface area contributed by atoms with E-state index in [1.54, 1.807) is 0 Å². The first-order valence-corrected chi connectivity index (χ1v) is 5.79. The van der Waals surface area contributed by atoms with Crippen LogP contribution in [0.15, 0.2) is 12.2 Å². The van der Waals surface area contributed by atoms with Gasteiger partial charge >= 0.3 is 0 Å². The molecule has 3 heteroatoms. The van der Waals surface area contributed by atoms with Gasteiger partial charge in [0, 0.05) is 0 Å². The molecule has 0 heterocycles. The van der Waals surface area contributed by atoms with Crippen molar-refractivity contribution in [3.05, 3.63) is 12.2 Å². The van der Waals surface area contributed by atoms with Crippen LogP contribution >= 0.6 is 12.4 Å². The van der Waals surface area contributed by atoms with Crippen molar-refractivity contribution in [1.29, 1.82) is 0 Å². The van der Waals surface area contributed by atoms with E-state index >= 15 is 0 Å². The summed E-state index contributed by atoms with van der Waals surface area (Å²) in [7, 11) is 2.02. The maximum Gasteiger partial charge on any atom is 0.0612 e. The van der Waals surface area contributed by atoms with E-state index < -0.39 is 0 Å². The van der Waals surface area contributed by atoms with Crippen molar-refractivity contribution in [2.75, 3.05) is 20.2 Å². The van der Waals surface area contributed by atoms with Crippen LogP contribution < -0.4 is 5.32 Å². The summed E-state index contributed by atoms with van der Waals surface area (Å²) in [5, 5.41) is 11.9. The van der Waals surface area contributed by atoms with Crippen LogP contribution in [0.5, 0.6) is 0 Å². The monoisotopic (exact) mass is 233 g/mol. The lowest BCUT2D eigenvalue weighted by molar-refractivity contribution is 0.292. The van der Waals surface area contributed by atoms with Gasteiger partial charge in [-0.2, -0.15) is 0 Å². The van der Waals surface area contributed by atoms with Gasteiger partial charge in [-0.05, 0) is 57.5 Å². The average molecular weight is 234 g/mol. The predicted molar refractivity (Wildman–Crippen MR) is 67.5 cm³/mol. The minimum Gasteiger partial charge on any atom is -0.392 e. The number of nitrogens with one attached hydrogen (secondary N) is 1. The molecule has 1 aliphatic carbocycles. The van der Waals surface area contributed by atoms with Crippen molar-refractivity contribution < 1.29 is 5.11 Å². The SMILES string of the molecule is CNCCC1CCC(/C=C/CO)CC1.Cl. The zero-order valence-electron chi connectivity index (χ0n) is 9.61. The molecule has 15 heavy (non-hydrogen) atoms. The van der Waals surface area contributed by atoms with Gasteiger partial charge in [0.15, 0.2) is 0 Å². The Hall–Kier alpha value is -0.0500. The third-order valence-electron chi connectivity index (χ3n) is 3.21. The smallest absolute Gasteiger partial charge is 0.0612 e. The standard InChI is InChI=1S/C12H23NO.ClH/c1-13-9-8-12-6-4-11(5-7-12)3-2-10-14;/h2-3,11-14H,4-10H2,1H3;1H/b3-2+;. The molecular weight excluding hydrogens is 210 g/mol. The van der Waals surface area contributed by atoms with E-state index in [0.717, 1.165) is 18.4 Å². The molecule has 0 saturated heterocycles. The largest absolute Gasteiger partial charge is 0.392 e. The normalized spacial score (nSPS) is 26.5. The summed E-state index contributed by atoms with van der Waals surface area (Å²) >= 11 is 0. The highest BCUT2D eigenvalue weighted by Gasteiger charge is 2.18. The summed E-state index contributed by atoms with van der Waals surface area (Å²) in [5.41, 5.74) is 0. The fourth-order valence-electron chi connectivity index (χ4n) is 2.27. The molecule has 1 saturated carbocycles. The van der Waals surface area contributed by atoms with E-state index in [1.807, 2.05) is 13.1 Å². The maximum absolute atomic E-state index is 8.67. The zero-order valence-corrected chi connectivity index (χ0v) is 10.4. The van der Waals surface area contributed by atoms with Crippen LogP contribution in [0, 0.1) is 11.8 Å². The van der Waals surface area contributed by atoms with Crippen molar-refractivity contribution in [2.45, 2.75) is 32.1 Å². The predicted octanol–water partition coefficient (Wildman–Crippen LogP) is 2.37. The molecule has 0 atom stereocenters. The Morgan fingerprint density at radius 3 is 2.47 bits per heavy atom. The third-order valence-corrected chi connectivity index (χ3v) is 3.21. The van der Waals surface area contributed by atoms with Gasteiger partial charge in [-0.1, -0.05) is 12.2 Å². The molecule has 0 aromatic carbocycles. The number of hydrogen-bond acceptors (Lipinski definition) is 2. The van der Waals surface area contributed by atoms with Gasteiger partial charge in [-0.15, -0.1) is 12.4 Å². The first kappa shape index (κ1) is 14.9. The average Bonchev–Trinajstić information content (AvgIpc) is 2.25. The van der Waals surface area contributed by atoms with Crippen LogP contribution in [-0.4, -0.2) is 25.3 Å². The lowest BCUT2D eigenvalue weighted by atomic mass is 9.80. The molecule has 0 aromatic heterocycles. The van der Waals surface area contributed by atoms with Crippen molar-refractivity contribution in [1.82, 2.24) is 5.32 Å². The number of aliphatic hydroxyl groups excluding tert-OH is 1. The van der Waals surface area contributed by atoms with Crippen molar-refractivity contribution in [3.63, 3.8) is 0 Å². The van der Waals surface area contributed by atoms with Crippen molar-refractivity contribution in [3.8, 4) is 0 Å². The molecule has 0 aromatic rings. The van der Waals surface area contributed by atoms with Crippen LogP contribution in [0.25, 0.3) is 0 Å². The number of allylic oxidation sites excluding steroid dienone is 1. The fraction of sp³-hybridized carbons (Fsp3) is 0.833. The molecule has 1 aliphatic rings. The van der Waals surface area contributed by atoms with Gasteiger partial charge in [0.1, 0.15) is 0 Å². The van der Waals surface area contributed by atoms with E-state index in [9.17, 15) is 0 Å². The van der Waals surface area contributed by atoms with E-state index in [-0.39, 0.29) is 19.0 Å². The second kappa shape index (κ2) is 9.20. The quantitative estimate of drug-likeness (QED) is 0.715. The number of halogens is 1. The molecule has 1 rings (SSSR count). The highest BCUT2D eigenvalue weighted by molar-refractivity contribution is 5.85. The second-order valence-electron chi connectivity index (χ2n) is 4.28. The van der Waals surface area contributed by atoms with E-state index in [0.29, 0.717) is 0 Å². The van der Waals surface area contributed by atoms with Gasteiger partial charge in [0.2, 0.25) is 0 Å². The van der Waals surface area contributed by atoms with E-state index in [2.05, 4.69) is 11.4 Å². The molecule has 2 N–H and O–H groups in total. The molecule has 0 spiro atoms. The van der Waals surface area contributed by atoms with Gasteiger partial charge < -0.3 is 10.4 Å². The highest BCUT2D eigenvalue weighted by Crippen LogP contribution is 2.31.